The minimum atomic E-state index is -0.505. The van der Waals surface area contributed by atoms with Gasteiger partial charge in [0.2, 0.25) is 11.8 Å². The summed E-state index contributed by atoms with van der Waals surface area (Å²) in [5.41, 5.74) is 7.39. The number of nitrogens with two attached hydrogens (primary N) is 1. The van der Waals surface area contributed by atoms with Crippen molar-refractivity contribution in [3.63, 3.8) is 0 Å². The number of benzene rings is 2. The van der Waals surface area contributed by atoms with Crippen molar-refractivity contribution in [3.05, 3.63) is 71.5 Å². The van der Waals surface area contributed by atoms with E-state index in [1.165, 1.54) is 11.8 Å². The van der Waals surface area contributed by atoms with Crippen LogP contribution in [-0.4, -0.2) is 51.3 Å². The van der Waals surface area contributed by atoms with Crippen LogP contribution in [0.25, 0.3) is 0 Å². The maximum atomic E-state index is 12.5. The van der Waals surface area contributed by atoms with Crippen LogP contribution in [0.4, 0.5) is 5.69 Å². The van der Waals surface area contributed by atoms with Crippen LogP contribution in [0.3, 0.4) is 0 Å². The first-order valence-electron chi connectivity index (χ1n) is 10.3. The molecular formula is C23H28N6O2S. The molecule has 1 aromatic heterocycles. The van der Waals surface area contributed by atoms with Crippen LogP contribution in [0.5, 0.6) is 0 Å². The molecule has 8 nitrogen and oxygen atoms in total. The van der Waals surface area contributed by atoms with Crippen LogP contribution >= 0.6 is 11.8 Å². The summed E-state index contributed by atoms with van der Waals surface area (Å²) in [7, 11) is 4.05. The van der Waals surface area contributed by atoms with Crippen molar-refractivity contribution in [1.82, 2.24) is 19.7 Å². The standard InChI is InChI=1S/C23H28N6O2S/c1-4-19(28(2)3)22-26-27-23(29(22)14-16-8-6-5-7-9-16)32-15-20(30)25-18-12-10-17(11-13-18)21(24)31/h5-13,19H,4,14-15H2,1-3H3,(H2,24,31)(H,25,30)/t19-/m0/s1. The first-order valence-corrected chi connectivity index (χ1v) is 11.3. The molecule has 32 heavy (non-hydrogen) atoms. The van der Waals surface area contributed by atoms with E-state index in [4.69, 9.17) is 5.73 Å². The normalized spacial score (nSPS) is 12.0. The van der Waals surface area contributed by atoms with E-state index < -0.39 is 5.91 Å². The topological polar surface area (TPSA) is 106 Å². The van der Waals surface area contributed by atoms with Crippen molar-refractivity contribution >= 4 is 29.3 Å². The lowest BCUT2D eigenvalue weighted by Gasteiger charge is -2.23. The Kier molecular flexibility index (Phi) is 8.02. The van der Waals surface area contributed by atoms with E-state index in [0.29, 0.717) is 23.0 Å². The summed E-state index contributed by atoms with van der Waals surface area (Å²) in [5, 5.41) is 12.4. The summed E-state index contributed by atoms with van der Waals surface area (Å²) in [5.74, 6) is 0.391. The third-order valence-corrected chi connectivity index (χ3v) is 5.99. The molecule has 0 aliphatic heterocycles. The summed E-state index contributed by atoms with van der Waals surface area (Å²) in [4.78, 5) is 25.8. The zero-order valence-corrected chi connectivity index (χ0v) is 19.3. The van der Waals surface area contributed by atoms with Crippen molar-refractivity contribution < 1.29 is 9.59 Å². The molecule has 0 unspecified atom stereocenters. The maximum Gasteiger partial charge on any atom is 0.248 e. The Morgan fingerprint density at radius 1 is 1.09 bits per heavy atom. The number of carbonyl (C=O) groups is 2. The summed E-state index contributed by atoms with van der Waals surface area (Å²) < 4.78 is 2.09. The maximum absolute atomic E-state index is 12.5. The number of hydrogen-bond acceptors (Lipinski definition) is 6. The van der Waals surface area contributed by atoms with E-state index in [9.17, 15) is 9.59 Å². The monoisotopic (exact) mass is 452 g/mol. The van der Waals surface area contributed by atoms with Crippen LogP contribution < -0.4 is 11.1 Å². The Hall–Kier alpha value is -3.17. The highest BCUT2D eigenvalue weighted by Gasteiger charge is 2.22. The number of aromatic nitrogens is 3. The Morgan fingerprint density at radius 2 is 1.78 bits per heavy atom. The first-order chi connectivity index (χ1) is 15.4. The molecule has 9 heteroatoms. The van der Waals surface area contributed by atoms with Crippen LogP contribution in [0.15, 0.2) is 59.8 Å². The number of hydrogen-bond donors (Lipinski definition) is 2. The number of anilines is 1. The largest absolute Gasteiger partial charge is 0.366 e. The Morgan fingerprint density at radius 3 is 2.38 bits per heavy atom. The molecule has 0 aliphatic rings. The molecule has 0 aliphatic carbocycles. The van der Waals surface area contributed by atoms with Gasteiger partial charge < -0.3 is 15.6 Å². The molecule has 0 saturated carbocycles. The van der Waals surface area contributed by atoms with E-state index in [-0.39, 0.29) is 17.7 Å². The minimum Gasteiger partial charge on any atom is -0.366 e. The lowest BCUT2D eigenvalue weighted by atomic mass is 10.2. The Labute approximate surface area is 192 Å². The zero-order valence-electron chi connectivity index (χ0n) is 18.5. The van der Waals surface area contributed by atoms with Crippen molar-refractivity contribution in [2.45, 2.75) is 31.1 Å². The summed E-state index contributed by atoms with van der Waals surface area (Å²) in [6.07, 6.45) is 0.895. The fourth-order valence-electron chi connectivity index (χ4n) is 3.39. The number of nitrogens with one attached hydrogen (secondary N) is 1. The van der Waals surface area contributed by atoms with Crippen molar-refractivity contribution in [2.75, 3.05) is 25.2 Å². The molecule has 0 saturated heterocycles. The van der Waals surface area contributed by atoms with Gasteiger partial charge in [0.1, 0.15) is 0 Å². The average Bonchev–Trinajstić information content (AvgIpc) is 3.15. The molecule has 0 spiro atoms. The molecule has 1 heterocycles. The van der Waals surface area contributed by atoms with E-state index in [1.807, 2.05) is 32.3 Å². The van der Waals surface area contributed by atoms with Gasteiger partial charge in [-0.2, -0.15) is 0 Å². The zero-order chi connectivity index (χ0) is 23.1. The van der Waals surface area contributed by atoms with Crippen LogP contribution in [0.2, 0.25) is 0 Å². The molecule has 2 amide bonds. The van der Waals surface area contributed by atoms with Gasteiger partial charge in [-0.15, -0.1) is 10.2 Å². The third-order valence-electron chi connectivity index (χ3n) is 5.02. The fraction of sp³-hybridized carbons (Fsp3) is 0.304. The molecule has 0 fully saturated rings. The van der Waals surface area contributed by atoms with Gasteiger partial charge in [-0.25, -0.2) is 0 Å². The predicted molar refractivity (Wildman–Crippen MR) is 127 cm³/mol. The highest BCUT2D eigenvalue weighted by molar-refractivity contribution is 7.99. The second kappa shape index (κ2) is 10.9. The smallest absolute Gasteiger partial charge is 0.248 e. The highest BCUT2D eigenvalue weighted by Crippen LogP contribution is 2.26. The fourth-order valence-corrected chi connectivity index (χ4v) is 4.14. The number of nitrogens with zero attached hydrogens (tertiary/aromatic N) is 4. The van der Waals surface area contributed by atoms with Crippen LogP contribution in [0.1, 0.15) is 41.1 Å². The van der Waals surface area contributed by atoms with Gasteiger partial charge >= 0.3 is 0 Å². The molecule has 0 bridgehead atoms. The number of amides is 2. The molecule has 168 valence electrons. The summed E-state index contributed by atoms with van der Waals surface area (Å²) in [6, 6.07) is 16.7. The molecule has 2 aromatic carbocycles. The number of primary amides is 1. The van der Waals surface area contributed by atoms with Gasteiger partial charge in [0, 0.05) is 11.3 Å². The third kappa shape index (κ3) is 5.95. The average molecular weight is 453 g/mol. The van der Waals surface area contributed by atoms with Crippen molar-refractivity contribution in [1.29, 1.82) is 0 Å². The number of carbonyl (C=O) groups excluding carboxylic acids is 2. The van der Waals surface area contributed by atoms with Crippen LogP contribution in [0, 0.1) is 0 Å². The molecule has 1 atom stereocenters. The second-order valence-electron chi connectivity index (χ2n) is 7.58. The molecule has 0 radical (unpaired) electrons. The van der Waals surface area contributed by atoms with Gasteiger partial charge in [-0.1, -0.05) is 49.0 Å². The minimum absolute atomic E-state index is 0.123. The van der Waals surface area contributed by atoms with Gasteiger partial charge in [0.05, 0.1) is 18.3 Å². The van der Waals surface area contributed by atoms with E-state index >= 15 is 0 Å². The second-order valence-corrected chi connectivity index (χ2v) is 8.52. The van der Waals surface area contributed by atoms with Gasteiger partial charge in [0.25, 0.3) is 0 Å². The van der Waals surface area contributed by atoms with Gasteiger partial charge in [-0.05, 0) is 50.3 Å². The van der Waals surface area contributed by atoms with Crippen LogP contribution in [-0.2, 0) is 11.3 Å². The van der Waals surface area contributed by atoms with Gasteiger partial charge in [0.15, 0.2) is 11.0 Å². The number of rotatable bonds is 10. The van der Waals surface area contributed by atoms with E-state index in [1.54, 1.807) is 24.3 Å². The predicted octanol–water partition coefficient (Wildman–Crippen LogP) is 3.17. The summed E-state index contributed by atoms with van der Waals surface area (Å²) >= 11 is 1.35. The Balaban J connectivity index is 1.74. The highest BCUT2D eigenvalue weighted by atomic mass is 32.2. The Bertz CT molecular complexity index is 1050. The first kappa shape index (κ1) is 23.5. The quantitative estimate of drug-likeness (QED) is 0.458. The summed E-state index contributed by atoms with van der Waals surface area (Å²) in [6.45, 7) is 2.75. The molecule has 3 rings (SSSR count). The lowest BCUT2D eigenvalue weighted by molar-refractivity contribution is -0.113. The van der Waals surface area contributed by atoms with Crippen molar-refractivity contribution in [2.24, 2.45) is 5.73 Å². The molecule has 3 N–H and O–H groups in total. The van der Waals surface area contributed by atoms with E-state index in [0.717, 1.165) is 17.8 Å². The van der Waals surface area contributed by atoms with E-state index in [2.05, 4.69) is 44.0 Å². The van der Waals surface area contributed by atoms with Gasteiger partial charge in [-0.3, -0.25) is 14.5 Å². The van der Waals surface area contributed by atoms with Crippen molar-refractivity contribution in [3.8, 4) is 0 Å². The number of thioether (sulfide) groups is 1. The molecule has 3 aromatic rings. The SMILES string of the molecule is CC[C@@H](c1nnc(SCC(=O)Nc2ccc(C(N)=O)cc2)n1Cc1ccccc1)N(C)C. The molecular weight excluding hydrogens is 424 g/mol. The lowest BCUT2D eigenvalue weighted by Crippen LogP contribution is -2.23.